The number of aromatic nitrogens is 4. The fraction of sp³-hybridized carbons (Fsp3) is 0.240. The van der Waals surface area contributed by atoms with Crippen LogP contribution in [0.2, 0.25) is 5.02 Å². The number of benzene rings is 1. The van der Waals surface area contributed by atoms with Gasteiger partial charge in [-0.15, -0.1) is 0 Å². The van der Waals surface area contributed by atoms with Crippen molar-refractivity contribution < 1.29 is 19.4 Å². The first-order valence-electron chi connectivity index (χ1n) is 11.6. The van der Waals surface area contributed by atoms with Gasteiger partial charge in [0, 0.05) is 30.4 Å². The third-order valence-electron chi connectivity index (χ3n) is 6.35. The zero-order valence-corrected chi connectivity index (χ0v) is 20.6. The van der Waals surface area contributed by atoms with Crippen molar-refractivity contribution >= 4 is 46.1 Å². The number of hydrogen-bond acceptors (Lipinski definition) is 7. The summed E-state index contributed by atoms with van der Waals surface area (Å²) in [6, 6.07) is 9.98. The molecule has 4 aromatic rings. The summed E-state index contributed by atoms with van der Waals surface area (Å²) in [5.74, 6) is 0.705. The minimum absolute atomic E-state index is 0.227. The van der Waals surface area contributed by atoms with Crippen molar-refractivity contribution in [3.8, 4) is 17.0 Å². The molecule has 1 atom stereocenters. The van der Waals surface area contributed by atoms with Gasteiger partial charge in [-0.3, -0.25) is 9.48 Å². The third kappa shape index (κ3) is 4.60. The number of nitrogens with two attached hydrogens (primary N) is 1. The van der Waals surface area contributed by atoms with Gasteiger partial charge in [0.05, 0.1) is 35.3 Å². The number of carbonyl (C=O) groups excluding carboxylic acids is 1. The van der Waals surface area contributed by atoms with E-state index in [1.807, 2.05) is 0 Å². The van der Waals surface area contributed by atoms with Crippen LogP contribution >= 0.6 is 11.6 Å². The van der Waals surface area contributed by atoms with Gasteiger partial charge in [-0.2, -0.15) is 5.10 Å². The molecule has 190 valence electrons. The number of ether oxygens (including phenoxy) is 1. The van der Waals surface area contributed by atoms with Crippen molar-refractivity contribution in [1.82, 2.24) is 24.6 Å². The Balaban J connectivity index is 1.59. The monoisotopic (exact) mass is 521 g/mol. The summed E-state index contributed by atoms with van der Waals surface area (Å²) < 4.78 is 7.38. The number of pyridine rings is 2. The molecule has 5 rings (SSSR count). The lowest BCUT2D eigenvalue weighted by Crippen LogP contribution is -2.40. The second kappa shape index (κ2) is 9.94. The first-order chi connectivity index (χ1) is 17.9. The van der Waals surface area contributed by atoms with Crippen molar-refractivity contribution in [3.63, 3.8) is 0 Å². The number of carbonyl (C=O) groups is 2. The van der Waals surface area contributed by atoms with Crippen LogP contribution in [0.5, 0.6) is 5.75 Å². The maximum Gasteiger partial charge on any atom is 0.407 e. The van der Waals surface area contributed by atoms with E-state index in [0.717, 1.165) is 6.42 Å². The van der Waals surface area contributed by atoms with E-state index < -0.39 is 6.09 Å². The molecule has 0 spiro atoms. The van der Waals surface area contributed by atoms with Crippen LogP contribution < -0.4 is 15.8 Å². The Kier molecular flexibility index (Phi) is 6.53. The Hall–Kier alpha value is -4.38. The highest BCUT2D eigenvalue weighted by Gasteiger charge is 2.29. The first kappa shape index (κ1) is 24.3. The normalized spacial score (nSPS) is 15.5. The summed E-state index contributed by atoms with van der Waals surface area (Å²) in [6.07, 6.45) is 3.49. The lowest BCUT2D eigenvalue weighted by molar-refractivity contribution is 0.102. The molecule has 1 aliphatic rings. The summed E-state index contributed by atoms with van der Waals surface area (Å²) in [5, 5.41) is 18.0. The van der Waals surface area contributed by atoms with Crippen LogP contribution in [0.3, 0.4) is 0 Å². The molecule has 11 nitrogen and oxygen atoms in total. The van der Waals surface area contributed by atoms with E-state index in [1.165, 1.54) is 18.2 Å². The number of halogens is 1. The number of rotatable bonds is 5. The largest absolute Gasteiger partial charge is 0.496 e. The quantitative estimate of drug-likeness (QED) is 0.352. The molecule has 4 N–H and O–H groups in total. The molecule has 2 amide bonds. The highest BCUT2D eigenvalue weighted by Crippen LogP contribution is 2.41. The summed E-state index contributed by atoms with van der Waals surface area (Å²) in [6.45, 7) is 0.735. The third-order valence-corrected chi connectivity index (χ3v) is 6.62. The predicted molar refractivity (Wildman–Crippen MR) is 139 cm³/mol. The van der Waals surface area contributed by atoms with Gasteiger partial charge in [-0.25, -0.2) is 14.8 Å². The lowest BCUT2D eigenvalue weighted by Gasteiger charge is -2.31. The van der Waals surface area contributed by atoms with Gasteiger partial charge >= 0.3 is 6.09 Å². The fourth-order valence-corrected chi connectivity index (χ4v) is 4.82. The van der Waals surface area contributed by atoms with Crippen LogP contribution in [0.25, 0.3) is 22.2 Å². The average molecular weight is 522 g/mol. The molecular formula is C25H24ClN7O4. The molecule has 1 fully saturated rings. The fourth-order valence-electron chi connectivity index (χ4n) is 4.59. The van der Waals surface area contributed by atoms with Crippen molar-refractivity contribution in [1.29, 1.82) is 0 Å². The second-order valence-corrected chi connectivity index (χ2v) is 9.02. The van der Waals surface area contributed by atoms with Crippen LogP contribution in [-0.4, -0.2) is 62.0 Å². The SMILES string of the molecule is COc1cc(C(=O)Nc2ccccn2)ccc1-c1nn([C@@H]2CCCN(C(=O)O)C2)c2c(Cl)cnc(N)c12. The molecule has 1 saturated heterocycles. The van der Waals surface area contributed by atoms with Gasteiger partial charge in [-0.05, 0) is 43.2 Å². The summed E-state index contributed by atoms with van der Waals surface area (Å²) in [4.78, 5) is 34.1. The molecule has 0 unspecified atom stereocenters. The standard InChI is InChI=1S/C25H24ClN7O4/c1-37-18-11-14(24(34)30-19-6-2-3-9-28-19)7-8-16(18)21-20-22(17(26)12-29-23(20)27)33(31-21)15-5-4-10-32(13-15)25(35)36/h2-3,6-9,11-12,15H,4-5,10,13H2,1H3,(H2,27,29)(H,35,36)(H,28,30,34)/t15-/m1/s1. The van der Waals surface area contributed by atoms with E-state index >= 15 is 0 Å². The number of likely N-dealkylation sites (tertiary alicyclic amines) is 1. The number of piperidine rings is 1. The Morgan fingerprint density at radius 1 is 1.24 bits per heavy atom. The molecule has 0 bridgehead atoms. The molecule has 0 radical (unpaired) electrons. The van der Waals surface area contributed by atoms with E-state index in [0.29, 0.717) is 57.3 Å². The van der Waals surface area contributed by atoms with Crippen LogP contribution in [0.1, 0.15) is 29.2 Å². The van der Waals surface area contributed by atoms with E-state index in [-0.39, 0.29) is 24.3 Å². The second-order valence-electron chi connectivity index (χ2n) is 8.62. The van der Waals surface area contributed by atoms with Crippen LogP contribution in [0.4, 0.5) is 16.4 Å². The van der Waals surface area contributed by atoms with Crippen molar-refractivity contribution in [2.24, 2.45) is 0 Å². The van der Waals surface area contributed by atoms with Crippen LogP contribution in [0.15, 0.2) is 48.8 Å². The van der Waals surface area contributed by atoms with E-state index in [9.17, 15) is 14.7 Å². The Morgan fingerprint density at radius 3 is 2.81 bits per heavy atom. The molecule has 0 aliphatic carbocycles. The van der Waals surface area contributed by atoms with Crippen molar-refractivity contribution in [2.75, 3.05) is 31.2 Å². The van der Waals surface area contributed by atoms with Gasteiger partial charge in [-0.1, -0.05) is 17.7 Å². The Labute approximate surface area is 216 Å². The Bertz CT molecular complexity index is 1490. The molecule has 1 aliphatic heterocycles. The molecular weight excluding hydrogens is 498 g/mol. The topological polar surface area (TPSA) is 148 Å². The zero-order chi connectivity index (χ0) is 26.1. The molecule has 12 heteroatoms. The molecule has 1 aromatic carbocycles. The number of hydrogen-bond donors (Lipinski definition) is 3. The number of carboxylic acid groups (broad SMARTS) is 1. The average Bonchev–Trinajstić information content (AvgIpc) is 3.33. The predicted octanol–water partition coefficient (Wildman–Crippen LogP) is 4.30. The maximum absolute atomic E-state index is 12.8. The highest BCUT2D eigenvalue weighted by molar-refractivity contribution is 6.35. The van der Waals surface area contributed by atoms with Gasteiger partial charge in [0.1, 0.15) is 23.1 Å². The summed E-state index contributed by atoms with van der Waals surface area (Å²) in [5.41, 5.74) is 8.29. The number of nitrogen functional groups attached to an aromatic ring is 1. The van der Waals surface area contributed by atoms with E-state index in [1.54, 1.807) is 47.3 Å². The minimum atomic E-state index is -0.977. The van der Waals surface area contributed by atoms with Gasteiger partial charge < -0.3 is 25.8 Å². The molecule has 37 heavy (non-hydrogen) atoms. The number of nitrogens with zero attached hydrogens (tertiary/aromatic N) is 5. The summed E-state index contributed by atoms with van der Waals surface area (Å²) >= 11 is 6.57. The minimum Gasteiger partial charge on any atom is -0.496 e. The number of methoxy groups -OCH3 is 1. The van der Waals surface area contributed by atoms with Crippen LogP contribution in [-0.2, 0) is 0 Å². The van der Waals surface area contributed by atoms with Crippen molar-refractivity contribution in [3.05, 3.63) is 59.4 Å². The zero-order valence-electron chi connectivity index (χ0n) is 19.9. The van der Waals surface area contributed by atoms with Gasteiger partial charge in [0.25, 0.3) is 5.91 Å². The number of fused-ring (bicyclic) bond motifs is 1. The molecule has 4 heterocycles. The molecule has 3 aromatic heterocycles. The van der Waals surface area contributed by atoms with E-state index in [2.05, 4.69) is 15.3 Å². The smallest absolute Gasteiger partial charge is 0.407 e. The number of amides is 2. The van der Waals surface area contributed by atoms with Crippen LogP contribution in [0, 0.1) is 0 Å². The maximum atomic E-state index is 12.8. The van der Waals surface area contributed by atoms with Gasteiger partial charge in [0.15, 0.2) is 0 Å². The van der Waals surface area contributed by atoms with E-state index in [4.69, 9.17) is 27.2 Å². The Morgan fingerprint density at radius 2 is 2.08 bits per heavy atom. The number of anilines is 2. The molecule has 0 saturated carbocycles. The number of nitrogens with one attached hydrogen (secondary N) is 1. The summed E-state index contributed by atoms with van der Waals surface area (Å²) in [7, 11) is 1.50. The van der Waals surface area contributed by atoms with Crippen molar-refractivity contribution in [2.45, 2.75) is 18.9 Å². The first-order valence-corrected chi connectivity index (χ1v) is 12.0. The lowest BCUT2D eigenvalue weighted by atomic mass is 10.0. The van der Waals surface area contributed by atoms with Gasteiger partial charge in [0.2, 0.25) is 0 Å². The highest BCUT2D eigenvalue weighted by atomic mass is 35.5.